The summed E-state index contributed by atoms with van der Waals surface area (Å²) >= 11 is 6.49. The maximum Gasteiger partial charge on any atom is 0.223 e. The Bertz CT molecular complexity index is 964. The van der Waals surface area contributed by atoms with E-state index in [0.29, 0.717) is 17.0 Å². The van der Waals surface area contributed by atoms with Gasteiger partial charge in [0.15, 0.2) is 0 Å². The first-order chi connectivity index (χ1) is 15.1. The maximum atomic E-state index is 6.49. The fraction of sp³-hybridized carbons (Fsp3) is 0.545. The number of nitrogens with one attached hydrogen (secondary N) is 3. The van der Waals surface area contributed by atoms with Gasteiger partial charge in [0.25, 0.3) is 0 Å². The minimum atomic E-state index is 0.310. The molecule has 4 rings (SSSR count). The number of nitrogens with zero attached hydrogens (tertiary/aromatic N) is 5. The van der Waals surface area contributed by atoms with E-state index in [0.717, 1.165) is 55.9 Å². The van der Waals surface area contributed by atoms with Crippen molar-refractivity contribution in [2.45, 2.75) is 58.0 Å². The van der Waals surface area contributed by atoms with Crippen molar-refractivity contribution < 1.29 is 0 Å². The summed E-state index contributed by atoms with van der Waals surface area (Å²) < 4.78 is 1.95. The molecule has 8 nitrogen and oxygen atoms in total. The predicted octanol–water partition coefficient (Wildman–Crippen LogP) is 3.97. The molecule has 0 amide bonds. The van der Waals surface area contributed by atoms with Crippen LogP contribution in [0, 0.1) is 5.92 Å². The standard InChI is InChI=1S/C22H31ClN8/c1-3-17(5-4-8-24-10-16-11-26-27-12-16)29-22-25-14-19(23)21(30-22)18-13-28-31(2)20(18)9-15-6-7-15/h11-15,17,24H,3-10H2,1-2H3,(H,26,27)(H,25,29,30). The second kappa shape index (κ2) is 10.2. The molecule has 1 atom stereocenters. The number of H-pyrrole nitrogens is 1. The van der Waals surface area contributed by atoms with Crippen molar-refractivity contribution in [2.24, 2.45) is 13.0 Å². The van der Waals surface area contributed by atoms with Gasteiger partial charge in [0, 0.05) is 42.7 Å². The highest BCUT2D eigenvalue weighted by Gasteiger charge is 2.26. The van der Waals surface area contributed by atoms with Crippen LogP contribution in [0.25, 0.3) is 11.3 Å². The minimum absolute atomic E-state index is 0.310. The van der Waals surface area contributed by atoms with Crippen LogP contribution in [0.1, 0.15) is 50.3 Å². The minimum Gasteiger partial charge on any atom is -0.351 e. The highest BCUT2D eigenvalue weighted by Crippen LogP contribution is 2.36. The molecule has 1 saturated carbocycles. The number of hydrogen-bond acceptors (Lipinski definition) is 6. The SMILES string of the molecule is CCC(CCCNCc1cn[nH]c1)Nc1ncc(Cl)c(-c2cnn(C)c2CC2CC2)n1. The molecular weight excluding hydrogens is 412 g/mol. The van der Waals surface area contributed by atoms with Gasteiger partial charge in [0.2, 0.25) is 5.95 Å². The molecular formula is C22H31ClN8. The molecule has 0 spiro atoms. The molecule has 0 aliphatic heterocycles. The Morgan fingerprint density at radius 3 is 2.90 bits per heavy atom. The van der Waals surface area contributed by atoms with Crippen LogP contribution in [0.2, 0.25) is 5.02 Å². The molecule has 3 aromatic heterocycles. The topological polar surface area (TPSA) is 96.3 Å². The maximum absolute atomic E-state index is 6.49. The van der Waals surface area contributed by atoms with Crippen LogP contribution in [0.4, 0.5) is 5.95 Å². The zero-order valence-electron chi connectivity index (χ0n) is 18.2. The van der Waals surface area contributed by atoms with Crippen molar-refractivity contribution in [1.29, 1.82) is 0 Å². The Hall–Kier alpha value is -2.45. The third-order valence-electron chi connectivity index (χ3n) is 5.86. The summed E-state index contributed by atoms with van der Waals surface area (Å²) in [5.74, 6) is 1.39. The van der Waals surface area contributed by atoms with Crippen LogP contribution < -0.4 is 10.6 Å². The Kier molecular flexibility index (Phi) is 7.19. The summed E-state index contributed by atoms with van der Waals surface area (Å²) in [6.07, 6.45) is 14.1. The molecule has 3 aromatic rings. The Balaban J connectivity index is 1.36. The largest absolute Gasteiger partial charge is 0.351 e. The number of anilines is 1. The van der Waals surface area contributed by atoms with E-state index >= 15 is 0 Å². The number of aromatic amines is 1. The monoisotopic (exact) mass is 442 g/mol. The Labute approximate surface area is 188 Å². The molecule has 0 bridgehead atoms. The van der Waals surface area contributed by atoms with Crippen molar-refractivity contribution in [2.75, 3.05) is 11.9 Å². The van der Waals surface area contributed by atoms with Gasteiger partial charge in [0.1, 0.15) is 0 Å². The second-order valence-electron chi connectivity index (χ2n) is 8.34. The van der Waals surface area contributed by atoms with Gasteiger partial charge < -0.3 is 10.6 Å². The van der Waals surface area contributed by atoms with Crippen LogP contribution in [-0.4, -0.2) is 42.5 Å². The summed E-state index contributed by atoms with van der Waals surface area (Å²) in [6.45, 7) is 3.97. The molecule has 1 aliphatic rings. The van der Waals surface area contributed by atoms with E-state index in [9.17, 15) is 0 Å². The number of aromatic nitrogens is 6. The van der Waals surface area contributed by atoms with Gasteiger partial charge in [-0.25, -0.2) is 9.97 Å². The van der Waals surface area contributed by atoms with Crippen LogP contribution in [-0.2, 0) is 20.0 Å². The smallest absolute Gasteiger partial charge is 0.223 e. The molecule has 31 heavy (non-hydrogen) atoms. The number of hydrogen-bond donors (Lipinski definition) is 3. The zero-order valence-corrected chi connectivity index (χ0v) is 19.0. The van der Waals surface area contributed by atoms with Crippen LogP contribution in [0.3, 0.4) is 0 Å². The van der Waals surface area contributed by atoms with Crippen molar-refractivity contribution in [3.05, 3.63) is 41.1 Å². The van der Waals surface area contributed by atoms with Crippen LogP contribution in [0.5, 0.6) is 0 Å². The van der Waals surface area contributed by atoms with Crippen molar-refractivity contribution in [1.82, 2.24) is 35.3 Å². The molecule has 3 N–H and O–H groups in total. The lowest BCUT2D eigenvalue weighted by Crippen LogP contribution is -2.23. The normalized spacial score (nSPS) is 14.7. The van der Waals surface area contributed by atoms with E-state index < -0.39 is 0 Å². The van der Waals surface area contributed by atoms with Crippen molar-refractivity contribution in [3.8, 4) is 11.3 Å². The number of aryl methyl sites for hydroxylation is 1. The van der Waals surface area contributed by atoms with Gasteiger partial charge in [-0.1, -0.05) is 18.5 Å². The van der Waals surface area contributed by atoms with Gasteiger partial charge in [-0.2, -0.15) is 10.2 Å². The van der Waals surface area contributed by atoms with Gasteiger partial charge in [-0.15, -0.1) is 0 Å². The predicted molar refractivity (Wildman–Crippen MR) is 123 cm³/mol. The first-order valence-corrected chi connectivity index (χ1v) is 11.5. The molecule has 1 fully saturated rings. The lowest BCUT2D eigenvalue weighted by molar-refractivity contribution is 0.559. The lowest BCUT2D eigenvalue weighted by atomic mass is 10.1. The summed E-state index contributed by atoms with van der Waals surface area (Å²) in [5.41, 5.74) is 4.15. The van der Waals surface area contributed by atoms with Gasteiger partial charge in [-0.05, 0) is 51.0 Å². The molecule has 166 valence electrons. The molecule has 1 unspecified atom stereocenters. The highest BCUT2D eigenvalue weighted by atomic mass is 35.5. The van der Waals surface area contributed by atoms with Crippen molar-refractivity contribution in [3.63, 3.8) is 0 Å². The molecule has 3 heterocycles. The third kappa shape index (κ3) is 5.83. The first kappa shape index (κ1) is 21.8. The van der Waals surface area contributed by atoms with Gasteiger partial charge in [-0.3, -0.25) is 9.78 Å². The van der Waals surface area contributed by atoms with E-state index in [1.807, 2.05) is 30.3 Å². The van der Waals surface area contributed by atoms with E-state index in [1.54, 1.807) is 6.20 Å². The average Bonchev–Trinajstić information content (AvgIpc) is 3.30. The van der Waals surface area contributed by atoms with Crippen LogP contribution in [0.15, 0.2) is 24.8 Å². The fourth-order valence-corrected chi connectivity index (χ4v) is 3.96. The summed E-state index contributed by atoms with van der Waals surface area (Å²) in [5, 5.41) is 18.8. The van der Waals surface area contributed by atoms with Gasteiger partial charge >= 0.3 is 0 Å². The lowest BCUT2D eigenvalue weighted by Gasteiger charge is -2.18. The van der Waals surface area contributed by atoms with Gasteiger partial charge in [0.05, 0.1) is 29.3 Å². The summed E-state index contributed by atoms with van der Waals surface area (Å²) in [7, 11) is 1.99. The highest BCUT2D eigenvalue weighted by molar-refractivity contribution is 6.32. The number of halogens is 1. The van der Waals surface area contributed by atoms with E-state index in [1.165, 1.54) is 24.1 Å². The Morgan fingerprint density at radius 1 is 1.29 bits per heavy atom. The molecule has 0 radical (unpaired) electrons. The van der Waals surface area contributed by atoms with Crippen molar-refractivity contribution >= 4 is 17.5 Å². The quantitative estimate of drug-likeness (QED) is 0.367. The second-order valence-corrected chi connectivity index (χ2v) is 8.75. The third-order valence-corrected chi connectivity index (χ3v) is 6.13. The Morgan fingerprint density at radius 2 is 2.16 bits per heavy atom. The summed E-state index contributed by atoms with van der Waals surface area (Å²) in [6, 6.07) is 0.310. The molecule has 9 heteroatoms. The molecule has 0 saturated heterocycles. The summed E-state index contributed by atoms with van der Waals surface area (Å²) in [4.78, 5) is 9.21. The first-order valence-electron chi connectivity index (χ1n) is 11.1. The average molecular weight is 443 g/mol. The van der Waals surface area contributed by atoms with Crippen LogP contribution >= 0.6 is 11.6 Å². The molecule has 0 aromatic carbocycles. The van der Waals surface area contributed by atoms with E-state index in [-0.39, 0.29) is 0 Å². The number of rotatable bonds is 12. The fourth-order valence-electron chi connectivity index (χ4n) is 3.77. The van der Waals surface area contributed by atoms with E-state index in [2.05, 4.69) is 37.8 Å². The molecule has 1 aliphatic carbocycles. The van der Waals surface area contributed by atoms with E-state index in [4.69, 9.17) is 16.6 Å². The zero-order chi connectivity index (χ0) is 21.6.